The summed E-state index contributed by atoms with van der Waals surface area (Å²) in [7, 11) is 0. The van der Waals surface area contributed by atoms with E-state index in [1.165, 1.54) is 0 Å². The number of ether oxygens (including phenoxy) is 1. The maximum atomic E-state index is 12.5. The van der Waals surface area contributed by atoms with Gasteiger partial charge in [0.05, 0.1) is 5.69 Å². The van der Waals surface area contributed by atoms with Crippen molar-refractivity contribution < 1.29 is 9.53 Å². The first kappa shape index (κ1) is 20.9. The summed E-state index contributed by atoms with van der Waals surface area (Å²) in [6.45, 7) is 6.14. The highest BCUT2D eigenvalue weighted by Crippen LogP contribution is 2.27. The molecule has 0 saturated heterocycles. The summed E-state index contributed by atoms with van der Waals surface area (Å²) in [5.74, 6) is 0.816. The molecule has 7 heteroatoms. The van der Waals surface area contributed by atoms with Crippen LogP contribution in [0.2, 0.25) is 5.02 Å². The Balaban J connectivity index is 1.45. The van der Waals surface area contributed by atoms with Gasteiger partial charge in [-0.05, 0) is 72.5 Å². The first-order valence-corrected chi connectivity index (χ1v) is 10.4. The molecule has 1 aromatic heterocycles. The van der Waals surface area contributed by atoms with Crippen LogP contribution in [0.15, 0.2) is 60.7 Å². The van der Waals surface area contributed by atoms with Gasteiger partial charge < -0.3 is 10.1 Å². The predicted octanol–water partition coefficient (Wildman–Crippen LogP) is 5.52. The van der Waals surface area contributed by atoms with E-state index in [1.54, 1.807) is 29.1 Å². The molecule has 0 spiro atoms. The second-order valence-corrected chi connectivity index (χ2v) is 8.14. The molecule has 0 aliphatic heterocycles. The van der Waals surface area contributed by atoms with Gasteiger partial charge in [0.1, 0.15) is 16.8 Å². The molecule has 0 unspecified atom stereocenters. The summed E-state index contributed by atoms with van der Waals surface area (Å²) in [6, 6.07) is 18.7. The lowest BCUT2D eigenvalue weighted by atomic mass is 10.0. The van der Waals surface area contributed by atoms with E-state index in [0.29, 0.717) is 22.1 Å². The Bertz CT molecular complexity index is 1230. The smallest absolute Gasteiger partial charge is 0.262 e. The summed E-state index contributed by atoms with van der Waals surface area (Å²) in [4.78, 5) is 14.0. The van der Waals surface area contributed by atoms with Crippen LogP contribution in [0.25, 0.3) is 16.7 Å². The lowest BCUT2D eigenvalue weighted by Gasteiger charge is -2.14. The zero-order valence-electron chi connectivity index (χ0n) is 17.6. The molecule has 0 bridgehead atoms. The predicted molar refractivity (Wildman–Crippen MR) is 123 cm³/mol. The molecule has 0 saturated carbocycles. The van der Waals surface area contributed by atoms with Gasteiger partial charge in [-0.15, -0.1) is 10.2 Å². The van der Waals surface area contributed by atoms with Crippen LogP contribution in [0.3, 0.4) is 0 Å². The minimum atomic E-state index is -0.236. The standard InChI is InChI=1S/C24H23ClN4O2/c1-15(2)20-10-4-16(3)12-23(20)31-14-24(30)26-18-7-11-21-22(13-18)28-29(27-21)19-8-5-17(25)6-9-19/h4-13,15H,14H2,1-3H3,(H,26,30). The van der Waals surface area contributed by atoms with E-state index in [-0.39, 0.29) is 12.5 Å². The van der Waals surface area contributed by atoms with Crippen LogP contribution in [0.4, 0.5) is 5.69 Å². The summed E-state index contributed by atoms with van der Waals surface area (Å²) in [6.07, 6.45) is 0. The van der Waals surface area contributed by atoms with E-state index in [2.05, 4.69) is 35.4 Å². The highest BCUT2D eigenvalue weighted by Gasteiger charge is 2.12. The molecule has 31 heavy (non-hydrogen) atoms. The second-order valence-electron chi connectivity index (χ2n) is 7.70. The molecule has 4 aromatic rings. The third-order valence-electron chi connectivity index (χ3n) is 4.87. The van der Waals surface area contributed by atoms with Gasteiger partial charge >= 0.3 is 0 Å². The Kier molecular flexibility index (Phi) is 5.91. The number of hydrogen-bond donors (Lipinski definition) is 1. The van der Waals surface area contributed by atoms with Gasteiger partial charge in [-0.3, -0.25) is 4.79 Å². The second kappa shape index (κ2) is 8.78. The molecule has 0 radical (unpaired) electrons. The van der Waals surface area contributed by atoms with Gasteiger partial charge in [-0.1, -0.05) is 37.6 Å². The lowest BCUT2D eigenvalue weighted by Crippen LogP contribution is -2.20. The minimum absolute atomic E-state index is 0.0708. The van der Waals surface area contributed by atoms with E-state index in [1.807, 2.05) is 37.3 Å². The number of carbonyl (C=O) groups excluding carboxylic acids is 1. The number of fused-ring (bicyclic) bond motifs is 1. The molecule has 0 fully saturated rings. The van der Waals surface area contributed by atoms with Crippen molar-refractivity contribution in [1.29, 1.82) is 0 Å². The Morgan fingerprint density at radius 1 is 1.03 bits per heavy atom. The maximum absolute atomic E-state index is 12.5. The van der Waals surface area contributed by atoms with Crippen molar-refractivity contribution in [2.24, 2.45) is 0 Å². The number of rotatable bonds is 6. The van der Waals surface area contributed by atoms with Gasteiger partial charge in [0, 0.05) is 10.7 Å². The molecule has 1 heterocycles. The Labute approximate surface area is 185 Å². The fourth-order valence-electron chi connectivity index (χ4n) is 3.27. The van der Waals surface area contributed by atoms with Gasteiger partial charge in [0.25, 0.3) is 5.91 Å². The monoisotopic (exact) mass is 434 g/mol. The number of nitrogens with zero attached hydrogens (tertiary/aromatic N) is 3. The highest BCUT2D eigenvalue weighted by atomic mass is 35.5. The fraction of sp³-hybridized carbons (Fsp3) is 0.208. The molecule has 4 rings (SSSR count). The van der Waals surface area contributed by atoms with Gasteiger partial charge in [-0.25, -0.2) is 0 Å². The summed E-state index contributed by atoms with van der Waals surface area (Å²) >= 11 is 5.94. The van der Waals surface area contributed by atoms with Crippen molar-refractivity contribution in [3.8, 4) is 11.4 Å². The van der Waals surface area contributed by atoms with Gasteiger partial charge in [0.15, 0.2) is 6.61 Å². The molecule has 0 aliphatic rings. The van der Waals surface area contributed by atoms with Gasteiger partial charge in [0.2, 0.25) is 0 Å². The topological polar surface area (TPSA) is 69.0 Å². The third-order valence-corrected chi connectivity index (χ3v) is 5.12. The zero-order valence-corrected chi connectivity index (χ0v) is 18.3. The fourth-order valence-corrected chi connectivity index (χ4v) is 3.39. The number of amides is 1. The first-order chi connectivity index (χ1) is 14.9. The number of hydrogen-bond acceptors (Lipinski definition) is 4. The van der Waals surface area contributed by atoms with Crippen LogP contribution in [-0.4, -0.2) is 27.5 Å². The number of carbonyl (C=O) groups is 1. The lowest BCUT2D eigenvalue weighted by molar-refractivity contribution is -0.118. The van der Waals surface area contributed by atoms with Crippen molar-refractivity contribution in [2.75, 3.05) is 11.9 Å². The average molecular weight is 435 g/mol. The van der Waals surface area contributed by atoms with Crippen molar-refractivity contribution in [2.45, 2.75) is 26.7 Å². The largest absolute Gasteiger partial charge is 0.483 e. The molecular formula is C24H23ClN4O2. The SMILES string of the molecule is Cc1ccc(C(C)C)c(OCC(=O)Nc2ccc3nn(-c4ccc(Cl)cc4)nc3c2)c1. The average Bonchev–Trinajstić information content (AvgIpc) is 3.16. The van der Waals surface area contributed by atoms with E-state index in [9.17, 15) is 4.79 Å². The number of anilines is 1. The van der Waals surface area contributed by atoms with E-state index >= 15 is 0 Å². The quantitative estimate of drug-likeness (QED) is 0.433. The van der Waals surface area contributed by atoms with Crippen LogP contribution in [0, 0.1) is 6.92 Å². The number of aromatic nitrogens is 3. The highest BCUT2D eigenvalue weighted by molar-refractivity contribution is 6.30. The first-order valence-electron chi connectivity index (χ1n) is 10.1. The van der Waals surface area contributed by atoms with Crippen LogP contribution >= 0.6 is 11.6 Å². The van der Waals surface area contributed by atoms with Crippen LogP contribution in [-0.2, 0) is 4.79 Å². The number of benzene rings is 3. The Morgan fingerprint density at radius 2 is 1.77 bits per heavy atom. The van der Waals surface area contributed by atoms with Crippen LogP contribution < -0.4 is 10.1 Å². The zero-order chi connectivity index (χ0) is 22.0. The molecule has 0 atom stereocenters. The molecule has 6 nitrogen and oxygen atoms in total. The number of halogens is 1. The molecule has 158 valence electrons. The molecule has 0 aliphatic carbocycles. The summed E-state index contributed by atoms with van der Waals surface area (Å²) in [5.41, 5.74) is 5.02. The molecular weight excluding hydrogens is 412 g/mol. The Morgan fingerprint density at radius 3 is 2.52 bits per heavy atom. The van der Waals surface area contributed by atoms with Gasteiger partial charge in [-0.2, -0.15) is 4.80 Å². The number of nitrogens with one attached hydrogen (secondary N) is 1. The normalized spacial score (nSPS) is 11.1. The summed E-state index contributed by atoms with van der Waals surface area (Å²) < 4.78 is 5.82. The molecule has 3 aromatic carbocycles. The minimum Gasteiger partial charge on any atom is -0.483 e. The molecule has 1 amide bonds. The van der Waals surface area contributed by atoms with E-state index in [4.69, 9.17) is 16.3 Å². The maximum Gasteiger partial charge on any atom is 0.262 e. The van der Waals surface area contributed by atoms with E-state index < -0.39 is 0 Å². The molecule has 1 N–H and O–H groups in total. The van der Waals surface area contributed by atoms with Crippen molar-refractivity contribution in [3.05, 3.63) is 76.8 Å². The van der Waals surface area contributed by atoms with Crippen molar-refractivity contribution in [3.63, 3.8) is 0 Å². The number of aryl methyl sites for hydroxylation is 1. The van der Waals surface area contributed by atoms with Crippen molar-refractivity contribution in [1.82, 2.24) is 15.0 Å². The van der Waals surface area contributed by atoms with E-state index in [0.717, 1.165) is 28.1 Å². The third kappa shape index (κ3) is 4.86. The summed E-state index contributed by atoms with van der Waals surface area (Å²) in [5, 5.41) is 12.5. The van der Waals surface area contributed by atoms with Crippen LogP contribution in [0.5, 0.6) is 5.75 Å². The Hall–Kier alpha value is -3.38. The van der Waals surface area contributed by atoms with Crippen molar-refractivity contribution >= 4 is 34.2 Å². The van der Waals surface area contributed by atoms with Crippen LogP contribution in [0.1, 0.15) is 30.9 Å².